The van der Waals surface area contributed by atoms with Gasteiger partial charge in [-0.15, -0.1) is 0 Å². The zero-order valence-electron chi connectivity index (χ0n) is 17.1. The highest BCUT2D eigenvalue weighted by molar-refractivity contribution is 6.06. The average Bonchev–Trinajstić information content (AvgIpc) is 3.14. The maximum absolute atomic E-state index is 13.0. The van der Waals surface area contributed by atoms with Crippen molar-refractivity contribution in [3.63, 3.8) is 0 Å². The van der Waals surface area contributed by atoms with Gasteiger partial charge in [0.05, 0.1) is 37.0 Å². The van der Waals surface area contributed by atoms with Crippen LogP contribution >= 0.6 is 0 Å². The summed E-state index contributed by atoms with van der Waals surface area (Å²) in [7, 11) is 3.11. The van der Waals surface area contributed by atoms with Crippen LogP contribution in [-0.4, -0.2) is 37.6 Å². The standard InChI is InChI=1S/C23H23N3O4/c1-14-9-15-5-4-8-24-22(15)18(10-14)25-23(28)16-11-21(27)26(13-16)19-7-6-17(29-2)12-20(19)30-3/h4-10,12,16H,11,13H2,1-3H3,(H,25,28). The fraction of sp³-hybridized carbons (Fsp3) is 0.261. The molecule has 7 nitrogen and oxygen atoms in total. The highest BCUT2D eigenvalue weighted by Crippen LogP contribution is 2.36. The lowest BCUT2D eigenvalue weighted by molar-refractivity contribution is -0.122. The number of carbonyl (C=O) groups excluding carboxylic acids is 2. The van der Waals surface area contributed by atoms with Crippen molar-refractivity contribution >= 4 is 34.1 Å². The molecule has 0 saturated carbocycles. The highest BCUT2D eigenvalue weighted by Gasteiger charge is 2.36. The third kappa shape index (κ3) is 3.66. The van der Waals surface area contributed by atoms with Gasteiger partial charge in [-0.25, -0.2) is 0 Å². The quantitative estimate of drug-likeness (QED) is 0.702. The lowest BCUT2D eigenvalue weighted by Crippen LogP contribution is -2.28. The van der Waals surface area contributed by atoms with E-state index in [1.807, 2.05) is 31.2 Å². The molecule has 3 aromatic rings. The van der Waals surface area contributed by atoms with Gasteiger partial charge in [-0.3, -0.25) is 14.6 Å². The molecule has 0 spiro atoms. The fourth-order valence-electron chi connectivity index (χ4n) is 3.80. The van der Waals surface area contributed by atoms with Gasteiger partial charge in [-0.05, 0) is 42.8 Å². The molecular weight excluding hydrogens is 382 g/mol. The monoisotopic (exact) mass is 405 g/mol. The summed E-state index contributed by atoms with van der Waals surface area (Å²) in [6, 6.07) is 13.0. The van der Waals surface area contributed by atoms with Crippen LogP contribution in [0.3, 0.4) is 0 Å². The number of methoxy groups -OCH3 is 2. The first-order valence-electron chi connectivity index (χ1n) is 9.69. The van der Waals surface area contributed by atoms with E-state index in [4.69, 9.17) is 9.47 Å². The molecule has 1 unspecified atom stereocenters. The minimum Gasteiger partial charge on any atom is -0.497 e. The zero-order valence-corrected chi connectivity index (χ0v) is 17.1. The number of amides is 2. The van der Waals surface area contributed by atoms with E-state index in [2.05, 4.69) is 10.3 Å². The predicted octanol–water partition coefficient (Wildman–Crippen LogP) is 3.55. The number of nitrogens with zero attached hydrogens (tertiary/aromatic N) is 2. The maximum Gasteiger partial charge on any atom is 0.229 e. The molecule has 0 bridgehead atoms. The van der Waals surface area contributed by atoms with Crippen LogP contribution < -0.4 is 19.7 Å². The van der Waals surface area contributed by atoms with Gasteiger partial charge in [0, 0.05) is 30.6 Å². The Kier molecular flexibility index (Phi) is 5.27. The van der Waals surface area contributed by atoms with E-state index in [1.54, 1.807) is 43.5 Å². The molecule has 0 radical (unpaired) electrons. The summed E-state index contributed by atoms with van der Waals surface area (Å²) in [5.41, 5.74) is 3.04. The van der Waals surface area contributed by atoms with E-state index >= 15 is 0 Å². The van der Waals surface area contributed by atoms with Gasteiger partial charge < -0.3 is 19.7 Å². The van der Waals surface area contributed by atoms with Crippen molar-refractivity contribution in [2.45, 2.75) is 13.3 Å². The Balaban J connectivity index is 1.56. The van der Waals surface area contributed by atoms with Gasteiger partial charge in [-0.1, -0.05) is 6.07 Å². The van der Waals surface area contributed by atoms with Crippen LogP contribution in [0.5, 0.6) is 11.5 Å². The molecule has 1 atom stereocenters. The molecule has 7 heteroatoms. The highest BCUT2D eigenvalue weighted by atomic mass is 16.5. The number of anilines is 2. The topological polar surface area (TPSA) is 80.8 Å². The number of fused-ring (bicyclic) bond motifs is 1. The number of benzene rings is 2. The number of hydrogen-bond donors (Lipinski definition) is 1. The van der Waals surface area contributed by atoms with Gasteiger partial charge >= 0.3 is 0 Å². The van der Waals surface area contributed by atoms with E-state index in [0.29, 0.717) is 22.9 Å². The van der Waals surface area contributed by atoms with Crippen molar-refractivity contribution in [1.29, 1.82) is 0 Å². The Morgan fingerprint density at radius 3 is 2.77 bits per heavy atom. The van der Waals surface area contributed by atoms with E-state index in [9.17, 15) is 9.59 Å². The van der Waals surface area contributed by atoms with Crippen molar-refractivity contribution < 1.29 is 19.1 Å². The SMILES string of the molecule is COc1ccc(N2CC(C(=O)Nc3cc(C)cc4cccnc34)CC2=O)c(OC)c1. The van der Waals surface area contributed by atoms with Crippen LogP contribution in [0.1, 0.15) is 12.0 Å². The number of pyridine rings is 1. The van der Waals surface area contributed by atoms with Gasteiger partial charge in [-0.2, -0.15) is 0 Å². The lowest BCUT2D eigenvalue weighted by Gasteiger charge is -2.20. The number of rotatable bonds is 5. The largest absolute Gasteiger partial charge is 0.497 e. The van der Waals surface area contributed by atoms with Crippen molar-refractivity contribution in [3.8, 4) is 11.5 Å². The smallest absolute Gasteiger partial charge is 0.229 e. The third-order valence-electron chi connectivity index (χ3n) is 5.28. The third-order valence-corrected chi connectivity index (χ3v) is 5.28. The van der Waals surface area contributed by atoms with Crippen molar-refractivity contribution in [2.75, 3.05) is 31.0 Å². The molecule has 0 aliphatic carbocycles. The van der Waals surface area contributed by atoms with E-state index in [-0.39, 0.29) is 24.8 Å². The van der Waals surface area contributed by atoms with E-state index in [1.165, 1.54) is 0 Å². The summed E-state index contributed by atoms with van der Waals surface area (Å²) < 4.78 is 10.6. The van der Waals surface area contributed by atoms with E-state index in [0.717, 1.165) is 16.5 Å². The van der Waals surface area contributed by atoms with Crippen molar-refractivity contribution in [3.05, 3.63) is 54.2 Å². The first-order valence-corrected chi connectivity index (χ1v) is 9.69. The molecule has 2 heterocycles. The van der Waals surface area contributed by atoms with Crippen LogP contribution in [0.15, 0.2) is 48.7 Å². The summed E-state index contributed by atoms with van der Waals surface area (Å²) in [5, 5.41) is 3.93. The zero-order chi connectivity index (χ0) is 21.3. The molecule has 1 aromatic heterocycles. The Morgan fingerprint density at radius 1 is 1.17 bits per heavy atom. The summed E-state index contributed by atoms with van der Waals surface area (Å²) in [5.74, 6) is 0.373. The molecule has 1 aliphatic rings. The van der Waals surface area contributed by atoms with Gasteiger partial charge in [0.25, 0.3) is 0 Å². The molecule has 2 aromatic carbocycles. The van der Waals surface area contributed by atoms with Gasteiger partial charge in [0.15, 0.2) is 0 Å². The van der Waals surface area contributed by atoms with E-state index < -0.39 is 5.92 Å². The number of aryl methyl sites for hydroxylation is 1. The maximum atomic E-state index is 13.0. The molecule has 1 aliphatic heterocycles. The van der Waals surface area contributed by atoms with Crippen LogP contribution in [0.25, 0.3) is 10.9 Å². The Bertz CT molecular complexity index is 1130. The number of carbonyl (C=O) groups is 2. The first kappa shape index (κ1) is 19.7. The second-order valence-electron chi connectivity index (χ2n) is 7.32. The minimum absolute atomic E-state index is 0.120. The second kappa shape index (κ2) is 8.02. The van der Waals surface area contributed by atoms with Crippen molar-refractivity contribution in [1.82, 2.24) is 4.98 Å². The molecule has 30 heavy (non-hydrogen) atoms. The molecule has 1 N–H and O–H groups in total. The molecule has 4 rings (SSSR count). The summed E-state index contributed by atoms with van der Waals surface area (Å²) in [6.07, 6.45) is 1.84. The molecule has 1 fully saturated rings. The number of aromatic nitrogens is 1. The summed E-state index contributed by atoms with van der Waals surface area (Å²) >= 11 is 0. The van der Waals surface area contributed by atoms with Crippen molar-refractivity contribution in [2.24, 2.45) is 5.92 Å². The predicted molar refractivity (Wildman–Crippen MR) is 115 cm³/mol. The number of ether oxygens (including phenoxy) is 2. The Labute approximate surface area is 174 Å². The minimum atomic E-state index is -0.469. The first-order chi connectivity index (χ1) is 14.5. The van der Waals surface area contributed by atoms with Crippen LogP contribution in [0.4, 0.5) is 11.4 Å². The molecule has 2 amide bonds. The molecular formula is C23H23N3O4. The Morgan fingerprint density at radius 2 is 2.00 bits per heavy atom. The number of hydrogen-bond acceptors (Lipinski definition) is 5. The lowest BCUT2D eigenvalue weighted by atomic mass is 10.1. The molecule has 154 valence electrons. The van der Waals surface area contributed by atoms with Crippen LogP contribution in [0.2, 0.25) is 0 Å². The van der Waals surface area contributed by atoms with Gasteiger partial charge in [0.2, 0.25) is 11.8 Å². The Hall–Kier alpha value is -3.61. The van der Waals surface area contributed by atoms with Gasteiger partial charge in [0.1, 0.15) is 11.5 Å². The average molecular weight is 405 g/mol. The normalized spacial score (nSPS) is 16.0. The molecule has 1 saturated heterocycles. The van der Waals surface area contributed by atoms with Crippen LogP contribution in [0, 0.1) is 12.8 Å². The summed E-state index contributed by atoms with van der Waals surface area (Å²) in [4.78, 5) is 31.6. The fourth-order valence-corrected chi connectivity index (χ4v) is 3.80. The summed E-state index contributed by atoms with van der Waals surface area (Å²) in [6.45, 7) is 2.25. The number of nitrogens with one attached hydrogen (secondary N) is 1. The second-order valence-corrected chi connectivity index (χ2v) is 7.32. The van der Waals surface area contributed by atoms with Crippen LogP contribution in [-0.2, 0) is 9.59 Å².